The number of nitrogens with zero attached hydrogens (tertiary/aromatic N) is 3. The number of fused-ring (bicyclic) bond motifs is 4. The van der Waals surface area contributed by atoms with Gasteiger partial charge in [0.15, 0.2) is 5.69 Å². The van der Waals surface area contributed by atoms with Gasteiger partial charge in [-0.15, -0.1) is 6.42 Å². The fourth-order valence-electron chi connectivity index (χ4n) is 3.87. The molecule has 112 valence electrons. The Balaban J connectivity index is 1.89. The molecule has 3 fully saturated rings. The summed E-state index contributed by atoms with van der Waals surface area (Å²) in [5, 5.41) is 5.35. The molecule has 0 spiro atoms. The van der Waals surface area contributed by atoms with Crippen molar-refractivity contribution in [3.63, 3.8) is 0 Å². The summed E-state index contributed by atoms with van der Waals surface area (Å²) in [6.07, 6.45) is 7.89. The maximum atomic E-state index is 11.7. The Morgan fingerprint density at radius 2 is 2.14 bits per heavy atom. The third-order valence-corrected chi connectivity index (χ3v) is 5.04. The van der Waals surface area contributed by atoms with Crippen molar-refractivity contribution in [2.75, 3.05) is 19.6 Å². The van der Waals surface area contributed by atoms with Crippen LogP contribution in [0, 0.1) is 18.3 Å². The Hall–Kier alpha value is -2.32. The maximum absolute atomic E-state index is 11.7. The zero-order chi connectivity index (χ0) is 15.3. The standard InChI is InChI=1S/C17H18N4O/c1-2-11-3-4-13-14(9-11)21(19-16(13)17(18)22)15-10-20-7-5-12(15)6-8-20/h1,3-4,9,12,15H,5-8,10H2,(H2,18,22)/t15-/m1/s1. The van der Waals surface area contributed by atoms with Crippen molar-refractivity contribution in [3.8, 4) is 12.3 Å². The molecule has 3 aliphatic heterocycles. The van der Waals surface area contributed by atoms with Crippen LogP contribution in [-0.4, -0.2) is 40.2 Å². The summed E-state index contributed by atoms with van der Waals surface area (Å²) in [4.78, 5) is 14.2. The van der Waals surface area contributed by atoms with E-state index < -0.39 is 5.91 Å². The molecule has 1 amide bonds. The van der Waals surface area contributed by atoms with Gasteiger partial charge < -0.3 is 10.6 Å². The van der Waals surface area contributed by atoms with E-state index in [9.17, 15) is 4.79 Å². The molecule has 1 atom stereocenters. The van der Waals surface area contributed by atoms with Crippen LogP contribution in [0.5, 0.6) is 0 Å². The molecule has 3 aliphatic rings. The topological polar surface area (TPSA) is 64.2 Å². The SMILES string of the molecule is C#Cc1ccc2c(C(N)=O)nn([C@@H]3CN4CCC3CC4)c2c1. The number of nitrogens with two attached hydrogens (primary N) is 1. The Morgan fingerprint density at radius 3 is 2.73 bits per heavy atom. The van der Waals surface area contributed by atoms with E-state index in [1.165, 1.54) is 25.9 Å². The number of rotatable bonds is 2. The lowest BCUT2D eigenvalue weighted by Gasteiger charge is -2.44. The molecule has 2 aromatic rings. The molecule has 5 rings (SSSR count). The predicted octanol–water partition coefficient (Wildman–Crippen LogP) is 1.38. The monoisotopic (exact) mass is 294 g/mol. The first-order chi connectivity index (χ1) is 10.7. The molecule has 1 aromatic carbocycles. The minimum atomic E-state index is -0.488. The minimum absolute atomic E-state index is 0.297. The number of aromatic nitrogens is 2. The summed E-state index contributed by atoms with van der Waals surface area (Å²) in [5.41, 5.74) is 7.56. The predicted molar refractivity (Wildman–Crippen MR) is 84.4 cm³/mol. The van der Waals surface area contributed by atoms with E-state index in [0.717, 1.165) is 23.0 Å². The van der Waals surface area contributed by atoms with E-state index in [1.54, 1.807) is 0 Å². The molecule has 5 nitrogen and oxygen atoms in total. The van der Waals surface area contributed by atoms with Gasteiger partial charge in [0.25, 0.3) is 5.91 Å². The fraction of sp³-hybridized carbons (Fsp3) is 0.412. The number of carbonyl (C=O) groups excluding carboxylic acids is 1. The number of hydrogen-bond acceptors (Lipinski definition) is 3. The van der Waals surface area contributed by atoms with Crippen LogP contribution in [0.15, 0.2) is 18.2 Å². The van der Waals surface area contributed by atoms with E-state index in [4.69, 9.17) is 12.2 Å². The van der Waals surface area contributed by atoms with Gasteiger partial charge >= 0.3 is 0 Å². The maximum Gasteiger partial charge on any atom is 0.269 e. The highest BCUT2D eigenvalue weighted by atomic mass is 16.1. The van der Waals surface area contributed by atoms with Crippen LogP contribution in [0.25, 0.3) is 10.9 Å². The smallest absolute Gasteiger partial charge is 0.269 e. The highest BCUT2D eigenvalue weighted by Crippen LogP contribution is 2.37. The fourth-order valence-corrected chi connectivity index (χ4v) is 3.87. The van der Waals surface area contributed by atoms with Crippen LogP contribution in [0.3, 0.4) is 0 Å². The Bertz CT molecular complexity index is 793. The van der Waals surface area contributed by atoms with Gasteiger partial charge in [-0.05, 0) is 50.0 Å². The van der Waals surface area contributed by atoms with Crippen LogP contribution in [-0.2, 0) is 0 Å². The number of piperidine rings is 3. The second-order valence-corrected chi connectivity index (χ2v) is 6.24. The van der Waals surface area contributed by atoms with E-state index in [1.807, 2.05) is 22.9 Å². The molecule has 0 unspecified atom stereocenters. The molecular weight excluding hydrogens is 276 g/mol. The van der Waals surface area contributed by atoms with Crippen LogP contribution < -0.4 is 5.73 Å². The van der Waals surface area contributed by atoms with Gasteiger partial charge in [0.1, 0.15) is 0 Å². The van der Waals surface area contributed by atoms with E-state index >= 15 is 0 Å². The summed E-state index contributed by atoms with van der Waals surface area (Å²) >= 11 is 0. The van der Waals surface area contributed by atoms with Crippen molar-refractivity contribution >= 4 is 16.8 Å². The van der Waals surface area contributed by atoms with Crippen LogP contribution in [0.2, 0.25) is 0 Å². The number of hydrogen-bond donors (Lipinski definition) is 1. The lowest BCUT2D eigenvalue weighted by molar-refractivity contribution is 0.0531. The first kappa shape index (κ1) is 13.4. The van der Waals surface area contributed by atoms with Gasteiger partial charge in [0, 0.05) is 17.5 Å². The Labute approximate surface area is 129 Å². The first-order valence-electron chi connectivity index (χ1n) is 7.68. The zero-order valence-corrected chi connectivity index (χ0v) is 12.3. The largest absolute Gasteiger partial charge is 0.364 e. The molecule has 22 heavy (non-hydrogen) atoms. The van der Waals surface area contributed by atoms with Crippen molar-refractivity contribution in [1.82, 2.24) is 14.7 Å². The number of amides is 1. The molecule has 3 saturated heterocycles. The third-order valence-electron chi connectivity index (χ3n) is 5.04. The summed E-state index contributed by atoms with van der Waals surface area (Å²) < 4.78 is 1.99. The van der Waals surface area contributed by atoms with Gasteiger partial charge in [-0.1, -0.05) is 5.92 Å². The summed E-state index contributed by atoms with van der Waals surface area (Å²) in [6, 6.07) is 5.92. The molecule has 0 aliphatic carbocycles. The van der Waals surface area contributed by atoms with Gasteiger partial charge in [-0.2, -0.15) is 5.10 Å². The van der Waals surface area contributed by atoms with Crippen LogP contribution in [0.1, 0.15) is 34.9 Å². The third kappa shape index (κ3) is 1.92. The van der Waals surface area contributed by atoms with E-state index in [-0.39, 0.29) is 0 Å². The zero-order valence-electron chi connectivity index (χ0n) is 12.3. The lowest BCUT2D eigenvalue weighted by atomic mass is 9.84. The molecule has 2 bridgehead atoms. The van der Waals surface area contributed by atoms with Crippen molar-refractivity contribution in [1.29, 1.82) is 0 Å². The van der Waals surface area contributed by atoms with Crippen molar-refractivity contribution < 1.29 is 4.79 Å². The number of carbonyl (C=O) groups is 1. The normalized spacial score (nSPS) is 27.0. The minimum Gasteiger partial charge on any atom is -0.364 e. The first-order valence-corrected chi connectivity index (χ1v) is 7.68. The summed E-state index contributed by atoms with van der Waals surface area (Å²) in [7, 11) is 0. The molecule has 0 radical (unpaired) electrons. The summed E-state index contributed by atoms with van der Waals surface area (Å²) in [6.45, 7) is 3.32. The van der Waals surface area contributed by atoms with Gasteiger partial charge in [-0.3, -0.25) is 9.48 Å². The molecule has 2 N–H and O–H groups in total. The Kier molecular flexibility index (Phi) is 2.95. The molecule has 4 heterocycles. The van der Waals surface area contributed by atoms with Crippen molar-refractivity contribution in [3.05, 3.63) is 29.5 Å². The van der Waals surface area contributed by atoms with E-state index in [2.05, 4.69) is 15.9 Å². The van der Waals surface area contributed by atoms with Crippen LogP contribution in [0.4, 0.5) is 0 Å². The van der Waals surface area contributed by atoms with Gasteiger partial charge in [-0.25, -0.2) is 0 Å². The second kappa shape index (κ2) is 4.85. The average Bonchev–Trinajstić information content (AvgIpc) is 2.94. The van der Waals surface area contributed by atoms with Gasteiger partial charge in [0.2, 0.25) is 0 Å². The molecule has 5 heteroatoms. The molecular formula is C17H18N4O. The highest BCUT2D eigenvalue weighted by Gasteiger charge is 2.36. The van der Waals surface area contributed by atoms with Crippen molar-refractivity contribution in [2.45, 2.75) is 18.9 Å². The van der Waals surface area contributed by atoms with Crippen molar-refractivity contribution in [2.24, 2.45) is 11.7 Å². The Morgan fingerprint density at radius 1 is 1.36 bits per heavy atom. The number of primary amides is 1. The highest BCUT2D eigenvalue weighted by molar-refractivity contribution is 6.04. The average molecular weight is 294 g/mol. The quantitative estimate of drug-likeness (QED) is 0.851. The van der Waals surface area contributed by atoms with Crippen LogP contribution >= 0.6 is 0 Å². The second-order valence-electron chi connectivity index (χ2n) is 6.24. The van der Waals surface area contributed by atoms with Gasteiger partial charge in [0.05, 0.1) is 11.6 Å². The lowest BCUT2D eigenvalue weighted by Crippen LogP contribution is -2.48. The number of terminal acetylenes is 1. The summed E-state index contributed by atoms with van der Waals surface area (Å²) in [5.74, 6) is 2.78. The number of benzene rings is 1. The molecule has 0 saturated carbocycles. The van der Waals surface area contributed by atoms with E-state index in [0.29, 0.717) is 17.7 Å². The molecule has 1 aromatic heterocycles.